The highest BCUT2D eigenvalue weighted by Crippen LogP contribution is 2.26. The van der Waals surface area contributed by atoms with Gasteiger partial charge < -0.3 is 4.57 Å². The van der Waals surface area contributed by atoms with Gasteiger partial charge in [0.2, 0.25) is 0 Å². The molecule has 0 atom stereocenters. The van der Waals surface area contributed by atoms with Gasteiger partial charge in [0.05, 0.1) is 12.0 Å². The van der Waals surface area contributed by atoms with E-state index < -0.39 is 0 Å². The molecule has 1 heterocycles. The van der Waals surface area contributed by atoms with Gasteiger partial charge in [-0.15, -0.1) is 0 Å². The molecule has 3 heteroatoms. The number of halogens is 1. The van der Waals surface area contributed by atoms with Crippen LogP contribution < -0.4 is 0 Å². The molecular formula is C25H23ClN2. The van der Waals surface area contributed by atoms with Crippen molar-refractivity contribution in [3.63, 3.8) is 0 Å². The van der Waals surface area contributed by atoms with Crippen molar-refractivity contribution in [1.29, 1.82) is 0 Å². The molecule has 0 aliphatic heterocycles. The molecule has 0 bridgehead atoms. The van der Waals surface area contributed by atoms with Crippen LogP contribution in [0.1, 0.15) is 24.6 Å². The molecule has 0 N–H and O–H groups in total. The Morgan fingerprint density at radius 2 is 1.57 bits per heavy atom. The zero-order chi connectivity index (χ0) is 19.3. The molecule has 0 radical (unpaired) electrons. The average Bonchev–Trinajstić information content (AvgIpc) is 3.12. The monoisotopic (exact) mass is 386 g/mol. The quantitative estimate of drug-likeness (QED) is 0.353. The first-order valence-electron chi connectivity index (χ1n) is 9.69. The Morgan fingerprint density at radius 3 is 2.32 bits per heavy atom. The van der Waals surface area contributed by atoms with Crippen LogP contribution in [0.4, 0.5) is 0 Å². The fourth-order valence-corrected chi connectivity index (χ4v) is 3.69. The molecule has 0 fully saturated rings. The zero-order valence-corrected chi connectivity index (χ0v) is 16.7. The van der Waals surface area contributed by atoms with Crippen LogP contribution in [0, 0.1) is 0 Å². The van der Waals surface area contributed by atoms with E-state index in [1.54, 1.807) is 0 Å². The predicted octanol–water partition coefficient (Wildman–Crippen LogP) is 6.87. The summed E-state index contributed by atoms with van der Waals surface area (Å²) >= 11 is 6.05. The average molecular weight is 387 g/mol. The highest BCUT2D eigenvalue weighted by atomic mass is 35.5. The Hall–Kier alpha value is -2.84. The summed E-state index contributed by atoms with van der Waals surface area (Å²) in [5, 5.41) is 0.748. The maximum Gasteiger partial charge on any atom is 0.0959 e. The van der Waals surface area contributed by atoms with Crippen LogP contribution in [-0.4, -0.2) is 9.55 Å². The summed E-state index contributed by atoms with van der Waals surface area (Å²) in [7, 11) is 0. The van der Waals surface area contributed by atoms with Gasteiger partial charge in [0.1, 0.15) is 0 Å². The standard InChI is InChI=1S/C25H23ClN2/c1-2-7-24-25(21-12-14-23(26)15-13-21)27-18-28(24)17-19-8-6-11-22(16-19)20-9-4-3-5-10-20/h3-6,8-16,18H,2,7,17H2,1H3. The second-order valence-electron chi connectivity index (χ2n) is 6.99. The van der Waals surface area contributed by atoms with Gasteiger partial charge in [-0.25, -0.2) is 4.98 Å². The summed E-state index contributed by atoms with van der Waals surface area (Å²) in [5.41, 5.74) is 7.20. The largest absolute Gasteiger partial charge is 0.330 e. The molecule has 4 aromatic rings. The van der Waals surface area contributed by atoms with Gasteiger partial charge in [-0.1, -0.05) is 85.6 Å². The van der Waals surface area contributed by atoms with E-state index in [1.165, 1.54) is 22.4 Å². The first-order chi connectivity index (χ1) is 13.7. The molecule has 0 aliphatic rings. The van der Waals surface area contributed by atoms with Gasteiger partial charge in [0.25, 0.3) is 0 Å². The number of nitrogens with zero attached hydrogens (tertiary/aromatic N) is 2. The van der Waals surface area contributed by atoms with Crippen LogP contribution in [0.3, 0.4) is 0 Å². The van der Waals surface area contributed by atoms with Crippen molar-refractivity contribution in [1.82, 2.24) is 9.55 Å². The first-order valence-corrected chi connectivity index (χ1v) is 10.1. The normalized spacial score (nSPS) is 10.9. The third-order valence-corrected chi connectivity index (χ3v) is 5.19. The summed E-state index contributed by atoms with van der Waals surface area (Å²) in [5.74, 6) is 0. The van der Waals surface area contributed by atoms with Crippen molar-refractivity contribution in [3.05, 3.63) is 101 Å². The third-order valence-electron chi connectivity index (χ3n) is 4.94. The molecule has 0 spiro atoms. The minimum absolute atomic E-state index is 0.748. The highest BCUT2D eigenvalue weighted by Gasteiger charge is 2.13. The van der Waals surface area contributed by atoms with E-state index in [-0.39, 0.29) is 0 Å². The molecule has 0 unspecified atom stereocenters. The smallest absolute Gasteiger partial charge is 0.0959 e. The maximum atomic E-state index is 6.05. The molecule has 1 aromatic heterocycles. The lowest BCUT2D eigenvalue weighted by Crippen LogP contribution is -2.04. The predicted molar refractivity (Wildman–Crippen MR) is 118 cm³/mol. The molecule has 140 valence electrons. The molecule has 0 saturated heterocycles. The van der Waals surface area contributed by atoms with Gasteiger partial charge in [-0.3, -0.25) is 0 Å². The zero-order valence-electron chi connectivity index (χ0n) is 16.0. The van der Waals surface area contributed by atoms with Crippen molar-refractivity contribution in [2.45, 2.75) is 26.3 Å². The molecular weight excluding hydrogens is 364 g/mol. The van der Waals surface area contributed by atoms with Gasteiger partial charge >= 0.3 is 0 Å². The fraction of sp³-hybridized carbons (Fsp3) is 0.160. The van der Waals surface area contributed by atoms with E-state index in [2.05, 4.69) is 60.0 Å². The Bertz CT molecular complexity index is 1050. The van der Waals surface area contributed by atoms with Gasteiger partial charge in [0.15, 0.2) is 0 Å². The lowest BCUT2D eigenvalue weighted by atomic mass is 10.0. The molecule has 0 saturated carbocycles. The number of hydrogen-bond acceptors (Lipinski definition) is 1. The number of aromatic nitrogens is 2. The minimum Gasteiger partial charge on any atom is -0.330 e. The minimum atomic E-state index is 0.748. The Labute approximate surface area is 171 Å². The van der Waals surface area contributed by atoms with E-state index in [9.17, 15) is 0 Å². The van der Waals surface area contributed by atoms with Crippen LogP contribution in [0.2, 0.25) is 5.02 Å². The summed E-state index contributed by atoms with van der Waals surface area (Å²) in [6.07, 6.45) is 4.04. The van der Waals surface area contributed by atoms with E-state index >= 15 is 0 Å². The Balaban J connectivity index is 1.66. The Kier molecular flexibility index (Phi) is 5.59. The lowest BCUT2D eigenvalue weighted by Gasteiger charge is -2.11. The maximum absolute atomic E-state index is 6.05. The van der Waals surface area contributed by atoms with Crippen molar-refractivity contribution < 1.29 is 0 Å². The van der Waals surface area contributed by atoms with Crippen LogP contribution in [0.15, 0.2) is 85.2 Å². The summed E-state index contributed by atoms with van der Waals surface area (Å²) in [6, 6.07) is 27.2. The van der Waals surface area contributed by atoms with E-state index in [0.717, 1.165) is 35.7 Å². The van der Waals surface area contributed by atoms with Crippen LogP contribution in [-0.2, 0) is 13.0 Å². The second kappa shape index (κ2) is 8.45. The summed E-state index contributed by atoms with van der Waals surface area (Å²) < 4.78 is 2.28. The van der Waals surface area contributed by atoms with Crippen molar-refractivity contribution in [2.75, 3.05) is 0 Å². The second-order valence-corrected chi connectivity index (χ2v) is 7.43. The molecule has 4 rings (SSSR count). The Morgan fingerprint density at radius 1 is 0.821 bits per heavy atom. The van der Waals surface area contributed by atoms with Gasteiger partial charge in [-0.2, -0.15) is 0 Å². The molecule has 0 aliphatic carbocycles. The number of benzene rings is 3. The number of imidazole rings is 1. The lowest BCUT2D eigenvalue weighted by molar-refractivity contribution is 0.724. The van der Waals surface area contributed by atoms with Gasteiger partial charge in [-0.05, 0) is 41.3 Å². The van der Waals surface area contributed by atoms with Crippen LogP contribution in [0.5, 0.6) is 0 Å². The molecule has 0 amide bonds. The van der Waals surface area contributed by atoms with E-state index in [4.69, 9.17) is 16.6 Å². The van der Waals surface area contributed by atoms with Crippen molar-refractivity contribution in [2.24, 2.45) is 0 Å². The van der Waals surface area contributed by atoms with Crippen LogP contribution >= 0.6 is 11.6 Å². The third kappa shape index (κ3) is 4.02. The highest BCUT2D eigenvalue weighted by molar-refractivity contribution is 6.30. The molecule has 3 aromatic carbocycles. The fourth-order valence-electron chi connectivity index (χ4n) is 3.57. The van der Waals surface area contributed by atoms with Crippen LogP contribution in [0.25, 0.3) is 22.4 Å². The van der Waals surface area contributed by atoms with E-state index in [0.29, 0.717) is 0 Å². The summed E-state index contributed by atoms with van der Waals surface area (Å²) in [4.78, 5) is 4.73. The molecule has 28 heavy (non-hydrogen) atoms. The summed E-state index contributed by atoms with van der Waals surface area (Å²) in [6.45, 7) is 3.02. The van der Waals surface area contributed by atoms with E-state index in [1.807, 2.05) is 36.7 Å². The number of hydrogen-bond donors (Lipinski definition) is 0. The number of rotatable bonds is 6. The molecule has 2 nitrogen and oxygen atoms in total. The first kappa shape index (κ1) is 18.5. The van der Waals surface area contributed by atoms with Crippen molar-refractivity contribution in [3.8, 4) is 22.4 Å². The SMILES string of the molecule is CCCc1c(-c2ccc(Cl)cc2)ncn1Cc1cccc(-c2ccccc2)c1. The van der Waals surface area contributed by atoms with Crippen molar-refractivity contribution >= 4 is 11.6 Å². The topological polar surface area (TPSA) is 17.8 Å². The van der Waals surface area contributed by atoms with Gasteiger partial charge in [0, 0.05) is 22.8 Å².